The number of carboxylic acid groups (broad SMARTS) is 1. The lowest BCUT2D eigenvalue weighted by Crippen LogP contribution is -2.14. The Morgan fingerprint density at radius 1 is 0.938 bits per heavy atom. The van der Waals surface area contributed by atoms with Gasteiger partial charge in [0.2, 0.25) is 0 Å². The van der Waals surface area contributed by atoms with E-state index >= 15 is 0 Å². The van der Waals surface area contributed by atoms with Gasteiger partial charge < -0.3 is 9.84 Å². The van der Waals surface area contributed by atoms with Crippen LogP contribution in [0.25, 0.3) is 11.1 Å². The lowest BCUT2D eigenvalue weighted by molar-refractivity contribution is -0.139. The van der Waals surface area contributed by atoms with Gasteiger partial charge in [0.15, 0.2) is 0 Å². The number of alkyl halides is 3. The van der Waals surface area contributed by atoms with Crippen molar-refractivity contribution in [2.75, 3.05) is 0 Å². The molecule has 0 heterocycles. The molecule has 1 unspecified atom stereocenters. The molecule has 3 aromatic rings. The van der Waals surface area contributed by atoms with Gasteiger partial charge in [0.1, 0.15) is 11.5 Å². The van der Waals surface area contributed by atoms with E-state index in [2.05, 4.69) is 0 Å². The quantitative estimate of drug-likeness (QED) is 0.386. The van der Waals surface area contributed by atoms with Crippen LogP contribution in [0.2, 0.25) is 5.02 Å². The standard InChI is InChI=1S/C25H22ClF3O3/c1-15(2)11-23(24(30)31)18-12-17(16-3-5-19(6-4-16)25(27,28)29)13-22(14-18)32-21-9-7-20(26)8-10-21/h3-10,12-15,23H,11H2,1-2H3,(H,30,31). The molecule has 0 spiro atoms. The zero-order valence-corrected chi connectivity index (χ0v) is 18.2. The first-order valence-corrected chi connectivity index (χ1v) is 10.4. The summed E-state index contributed by atoms with van der Waals surface area (Å²) in [5, 5.41) is 10.3. The molecule has 0 aliphatic heterocycles. The molecule has 0 radical (unpaired) electrons. The zero-order valence-electron chi connectivity index (χ0n) is 17.5. The SMILES string of the molecule is CC(C)CC(C(=O)O)c1cc(Oc2ccc(Cl)cc2)cc(-c2ccc(C(F)(F)F)cc2)c1. The van der Waals surface area contributed by atoms with Crippen molar-refractivity contribution < 1.29 is 27.8 Å². The maximum absolute atomic E-state index is 12.9. The molecule has 3 nitrogen and oxygen atoms in total. The third-order valence-corrected chi connectivity index (χ3v) is 5.18. The van der Waals surface area contributed by atoms with Crippen LogP contribution in [0.1, 0.15) is 37.3 Å². The van der Waals surface area contributed by atoms with E-state index in [9.17, 15) is 23.1 Å². The molecular weight excluding hydrogens is 441 g/mol. The minimum Gasteiger partial charge on any atom is -0.481 e. The van der Waals surface area contributed by atoms with E-state index in [1.54, 1.807) is 42.5 Å². The number of aliphatic carboxylic acids is 1. The van der Waals surface area contributed by atoms with Gasteiger partial charge in [-0.05, 0) is 77.6 Å². The molecule has 0 bridgehead atoms. The van der Waals surface area contributed by atoms with E-state index < -0.39 is 23.6 Å². The summed E-state index contributed by atoms with van der Waals surface area (Å²) in [6.45, 7) is 3.86. The minimum atomic E-state index is -4.44. The highest BCUT2D eigenvalue weighted by molar-refractivity contribution is 6.30. The third-order valence-electron chi connectivity index (χ3n) is 4.93. The normalized spacial score (nSPS) is 12.6. The lowest BCUT2D eigenvalue weighted by atomic mass is 9.88. The minimum absolute atomic E-state index is 0.131. The molecule has 0 fully saturated rings. The summed E-state index contributed by atoms with van der Waals surface area (Å²) >= 11 is 5.91. The van der Waals surface area contributed by atoms with Crippen molar-refractivity contribution in [3.8, 4) is 22.6 Å². The van der Waals surface area contributed by atoms with Crippen molar-refractivity contribution in [1.82, 2.24) is 0 Å². The molecule has 1 N–H and O–H groups in total. The van der Waals surface area contributed by atoms with Crippen molar-refractivity contribution in [2.24, 2.45) is 5.92 Å². The first-order valence-electron chi connectivity index (χ1n) is 10.0. The molecule has 0 saturated heterocycles. The molecule has 3 rings (SSSR count). The summed E-state index contributed by atoms with van der Waals surface area (Å²) in [4.78, 5) is 12.0. The molecule has 0 amide bonds. The van der Waals surface area contributed by atoms with Crippen molar-refractivity contribution in [1.29, 1.82) is 0 Å². The van der Waals surface area contributed by atoms with Crippen LogP contribution in [0.4, 0.5) is 13.2 Å². The van der Waals surface area contributed by atoms with E-state index in [1.807, 2.05) is 13.8 Å². The second-order valence-corrected chi connectivity index (χ2v) is 8.38. The number of carbonyl (C=O) groups is 1. The molecule has 3 aromatic carbocycles. The topological polar surface area (TPSA) is 46.5 Å². The fourth-order valence-electron chi connectivity index (χ4n) is 3.39. The number of halogens is 4. The summed E-state index contributed by atoms with van der Waals surface area (Å²) in [6.07, 6.45) is -4.03. The van der Waals surface area contributed by atoms with Gasteiger partial charge >= 0.3 is 12.1 Å². The van der Waals surface area contributed by atoms with Crippen LogP contribution in [0.5, 0.6) is 11.5 Å². The average Bonchev–Trinajstić information content (AvgIpc) is 2.72. The first-order chi connectivity index (χ1) is 15.0. The van der Waals surface area contributed by atoms with Gasteiger partial charge in [0.25, 0.3) is 0 Å². The highest BCUT2D eigenvalue weighted by Crippen LogP contribution is 2.36. The summed E-state index contributed by atoms with van der Waals surface area (Å²) in [7, 11) is 0. The number of carboxylic acids is 1. The van der Waals surface area contributed by atoms with Crippen LogP contribution in [0.3, 0.4) is 0 Å². The Kier molecular flexibility index (Phi) is 7.14. The van der Waals surface area contributed by atoms with Crippen LogP contribution in [-0.2, 0) is 11.0 Å². The number of benzene rings is 3. The van der Waals surface area contributed by atoms with Gasteiger partial charge in [0, 0.05) is 5.02 Å². The molecule has 7 heteroatoms. The average molecular weight is 463 g/mol. The van der Waals surface area contributed by atoms with Crippen LogP contribution in [0, 0.1) is 5.92 Å². The van der Waals surface area contributed by atoms with Crippen molar-refractivity contribution >= 4 is 17.6 Å². The Labute approximate surface area is 189 Å². The van der Waals surface area contributed by atoms with Crippen LogP contribution in [-0.4, -0.2) is 11.1 Å². The zero-order chi connectivity index (χ0) is 23.5. The van der Waals surface area contributed by atoms with E-state index in [-0.39, 0.29) is 5.92 Å². The Balaban J connectivity index is 2.06. The van der Waals surface area contributed by atoms with Gasteiger partial charge in [0.05, 0.1) is 11.5 Å². The number of hydrogen-bond acceptors (Lipinski definition) is 2. The molecular formula is C25H22ClF3O3. The molecule has 1 atom stereocenters. The molecule has 32 heavy (non-hydrogen) atoms. The largest absolute Gasteiger partial charge is 0.481 e. The van der Waals surface area contributed by atoms with Gasteiger partial charge in [-0.1, -0.05) is 43.6 Å². The molecule has 0 aliphatic carbocycles. The maximum Gasteiger partial charge on any atom is 0.416 e. The Morgan fingerprint density at radius 2 is 1.56 bits per heavy atom. The van der Waals surface area contributed by atoms with E-state index in [0.29, 0.717) is 39.6 Å². The number of rotatable bonds is 7. The molecule has 0 aromatic heterocycles. The highest BCUT2D eigenvalue weighted by atomic mass is 35.5. The van der Waals surface area contributed by atoms with E-state index in [0.717, 1.165) is 12.1 Å². The second kappa shape index (κ2) is 9.65. The predicted octanol–water partition coefficient (Wildman–Crippen LogP) is 8.03. The smallest absolute Gasteiger partial charge is 0.416 e. The van der Waals surface area contributed by atoms with Gasteiger partial charge in [-0.2, -0.15) is 13.2 Å². The fourth-order valence-corrected chi connectivity index (χ4v) is 3.52. The molecule has 0 aliphatic rings. The molecule has 168 valence electrons. The van der Waals surface area contributed by atoms with Gasteiger partial charge in [-0.25, -0.2) is 0 Å². The monoisotopic (exact) mass is 462 g/mol. The number of ether oxygens (including phenoxy) is 1. The Hall–Kier alpha value is -2.99. The third kappa shape index (κ3) is 6.04. The van der Waals surface area contributed by atoms with Crippen LogP contribution >= 0.6 is 11.6 Å². The second-order valence-electron chi connectivity index (χ2n) is 7.94. The highest BCUT2D eigenvalue weighted by Gasteiger charge is 2.30. The summed E-state index contributed by atoms with van der Waals surface area (Å²) in [5.41, 5.74) is 0.857. The van der Waals surface area contributed by atoms with Crippen molar-refractivity contribution in [3.05, 3.63) is 82.9 Å². The van der Waals surface area contributed by atoms with E-state index in [1.165, 1.54) is 12.1 Å². The van der Waals surface area contributed by atoms with Crippen molar-refractivity contribution in [3.63, 3.8) is 0 Å². The van der Waals surface area contributed by atoms with Crippen LogP contribution in [0.15, 0.2) is 66.7 Å². The van der Waals surface area contributed by atoms with Crippen LogP contribution < -0.4 is 4.74 Å². The Morgan fingerprint density at radius 3 is 2.09 bits per heavy atom. The van der Waals surface area contributed by atoms with Gasteiger partial charge in [-0.15, -0.1) is 0 Å². The van der Waals surface area contributed by atoms with Crippen molar-refractivity contribution in [2.45, 2.75) is 32.4 Å². The molecule has 0 saturated carbocycles. The van der Waals surface area contributed by atoms with E-state index in [4.69, 9.17) is 16.3 Å². The summed E-state index contributed by atoms with van der Waals surface area (Å²) in [6, 6.07) is 16.4. The Bertz CT molecular complexity index is 1080. The lowest BCUT2D eigenvalue weighted by Gasteiger charge is -2.18. The summed E-state index contributed by atoms with van der Waals surface area (Å²) in [5.74, 6) is -0.737. The first kappa shape index (κ1) is 23.7. The number of hydrogen-bond donors (Lipinski definition) is 1. The predicted molar refractivity (Wildman–Crippen MR) is 118 cm³/mol. The fraction of sp³-hybridized carbons (Fsp3) is 0.240. The summed E-state index contributed by atoms with van der Waals surface area (Å²) < 4.78 is 44.7. The van der Waals surface area contributed by atoms with Gasteiger partial charge in [-0.3, -0.25) is 4.79 Å². The maximum atomic E-state index is 12.9.